The maximum absolute atomic E-state index is 12.7. The summed E-state index contributed by atoms with van der Waals surface area (Å²) < 4.78 is 8.86. The molecular weight excluding hydrogens is 420 g/mol. The fourth-order valence-corrected chi connectivity index (χ4v) is 4.45. The molecule has 9 heteroatoms. The molecule has 0 aliphatic heterocycles. The van der Waals surface area contributed by atoms with Gasteiger partial charge in [-0.2, -0.15) is 10.4 Å². The number of aromatic nitrogens is 3. The maximum Gasteiger partial charge on any atom is 0.266 e. The molecule has 33 heavy (non-hydrogen) atoms. The highest BCUT2D eigenvalue weighted by Crippen LogP contribution is 2.23. The second kappa shape index (κ2) is 11.0. The van der Waals surface area contributed by atoms with Crippen LogP contribution in [-0.4, -0.2) is 45.9 Å². The van der Waals surface area contributed by atoms with E-state index in [0.29, 0.717) is 12.3 Å². The normalized spacial score (nSPS) is 15.3. The van der Waals surface area contributed by atoms with E-state index in [2.05, 4.69) is 27.2 Å². The minimum Gasteiger partial charge on any atom is -0.383 e. The van der Waals surface area contributed by atoms with E-state index >= 15 is 0 Å². The van der Waals surface area contributed by atoms with Crippen molar-refractivity contribution in [3.05, 3.63) is 41.0 Å². The molecule has 2 N–H and O–H groups in total. The van der Waals surface area contributed by atoms with E-state index in [1.165, 1.54) is 10.9 Å². The van der Waals surface area contributed by atoms with Crippen LogP contribution in [0.1, 0.15) is 55.6 Å². The minimum atomic E-state index is -0.526. The largest absolute Gasteiger partial charge is 0.383 e. The summed E-state index contributed by atoms with van der Waals surface area (Å²) in [6.07, 6.45) is 8.97. The van der Waals surface area contributed by atoms with Crippen molar-refractivity contribution in [3.8, 4) is 6.07 Å². The number of hydrogen-bond acceptors (Lipinski definition) is 5. The second-order valence-electron chi connectivity index (χ2n) is 8.60. The number of carbonyl (C=O) groups excluding carboxylic acids is 2. The lowest BCUT2D eigenvalue weighted by Gasteiger charge is -2.17. The van der Waals surface area contributed by atoms with E-state index in [1.54, 1.807) is 19.4 Å². The first kappa shape index (κ1) is 24.3. The van der Waals surface area contributed by atoms with Gasteiger partial charge in [0.2, 0.25) is 5.91 Å². The Bertz CT molecular complexity index is 1070. The summed E-state index contributed by atoms with van der Waals surface area (Å²) in [6.45, 7) is 6.64. The van der Waals surface area contributed by atoms with Gasteiger partial charge in [-0.3, -0.25) is 14.3 Å². The van der Waals surface area contributed by atoms with Crippen molar-refractivity contribution >= 4 is 23.6 Å². The lowest BCUT2D eigenvalue weighted by molar-refractivity contribution is -0.122. The molecule has 2 aromatic heterocycles. The molecule has 1 atom stereocenters. The predicted molar refractivity (Wildman–Crippen MR) is 125 cm³/mol. The van der Waals surface area contributed by atoms with Crippen LogP contribution in [0.5, 0.6) is 0 Å². The van der Waals surface area contributed by atoms with Crippen molar-refractivity contribution in [2.24, 2.45) is 0 Å². The quantitative estimate of drug-likeness (QED) is 0.448. The molecule has 0 saturated heterocycles. The van der Waals surface area contributed by atoms with Crippen molar-refractivity contribution in [2.45, 2.75) is 65.1 Å². The number of nitrogens with one attached hydrogen (secondary N) is 2. The third-order valence-corrected chi connectivity index (χ3v) is 5.95. The van der Waals surface area contributed by atoms with Crippen molar-refractivity contribution in [1.29, 1.82) is 5.26 Å². The van der Waals surface area contributed by atoms with E-state index in [1.807, 2.05) is 26.0 Å². The zero-order valence-electron chi connectivity index (χ0n) is 19.7. The summed E-state index contributed by atoms with van der Waals surface area (Å²) in [5, 5.41) is 19.4. The standard InChI is InChI=1S/C24H32N6O3/c1-16-9-19(18(3)30(16)17(2)15-33-4)10-20(11-25)24(32)28-22-12-26-29(13-22)14-23(31)27-21-7-5-6-8-21/h9-10,12-13,17,21H,5-8,14-15H2,1-4H3,(H,27,31)(H,28,32)/b20-10+. The van der Waals surface area contributed by atoms with E-state index in [0.717, 1.165) is 42.6 Å². The highest BCUT2D eigenvalue weighted by atomic mass is 16.5. The monoisotopic (exact) mass is 452 g/mol. The molecule has 1 fully saturated rings. The molecule has 1 unspecified atom stereocenters. The van der Waals surface area contributed by atoms with Gasteiger partial charge in [0.15, 0.2) is 0 Å². The molecule has 0 radical (unpaired) electrons. The van der Waals surface area contributed by atoms with Gasteiger partial charge in [-0.05, 0) is 51.3 Å². The third kappa shape index (κ3) is 6.11. The zero-order valence-corrected chi connectivity index (χ0v) is 19.7. The summed E-state index contributed by atoms with van der Waals surface area (Å²) >= 11 is 0. The van der Waals surface area contributed by atoms with Gasteiger partial charge < -0.3 is 19.9 Å². The summed E-state index contributed by atoms with van der Waals surface area (Å²) in [4.78, 5) is 24.9. The molecule has 0 aromatic carbocycles. The van der Waals surface area contributed by atoms with Crippen molar-refractivity contribution < 1.29 is 14.3 Å². The van der Waals surface area contributed by atoms with Crippen LogP contribution in [0.15, 0.2) is 24.0 Å². The van der Waals surface area contributed by atoms with Crippen LogP contribution in [0, 0.1) is 25.2 Å². The average molecular weight is 453 g/mol. The SMILES string of the molecule is COCC(C)n1c(C)cc(/C=C(\C#N)C(=O)Nc2cnn(CC(=O)NC3CCCC3)c2)c1C. The molecule has 1 aliphatic rings. The van der Waals surface area contributed by atoms with Crippen LogP contribution in [0.25, 0.3) is 6.08 Å². The number of nitriles is 1. The van der Waals surface area contributed by atoms with E-state index < -0.39 is 5.91 Å². The summed E-state index contributed by atoms with van der Waals surface area (Å²) in [5.74, 6) is -0.624. The van der Waals surface area contributed by atoms with Crippen molar-refractivity contribution in [3.63, 3.8) is 0 Å². The first-order valence-corrected chi connectivity index (χ1v) is 11.2. The highest BCUT2D eigenvalue weighted by Gasteiger charge is 2.18. The zero-order chi connectivity index (χ0) is 24.0. The molecular formula is C24H32N6O3. The second-order valence-corrected chi connectivity index (χ2v) is 8.60. The Kier molecular flexibility index (Phi) is 8.06. The van der Waals surface area contributed by atoms with Gasteiger partial charge in [0.1, 0.15) is 18.2 Å². The van der Waals surface area contributed by atoms with Gasteiger partial charge in [0.25, 0.3) is 5.91 Å². The fourth-order valence-electron chi connectivity index (χ4n) is 4.45. The predicted octanol–water partition coefficient (Wildman–Crippen LogP) is 3.11. The van der Waals surface area contributed by atoms with Crippen LogP contribution in [0.3, 0.4) is 0 Å². The smallest absolute Gasteiger partial charge is 0.266 e. The molecule has 9 nitrogen and oxygen atoms in total. The molecule has 2 amide bonds. The topological polar surface area (TPSA) is 114 Å². The van der Waals surface area contributed by atoms with Crippen LogP contribution >= 0.6 is 0 Å². The molecule has 176 valence electrons. The van der Waals surface area contributed by atoms with Crippen molar-refractivity contribution in [1.82, 2.24) is 19.7 Å². The number of anilines is 1. The number of hydrogen-bond donors (Lipinski definition) is 2. The molecule has 3 rings (SSSR count). The van der Waals surface area contributed by atoms with E-state index in [4.69, 9.17) is 4.74 Å². The van der Waals surface area contributed by atoms with Gasteiger partial charge in [0, 0.05) is 30.7 Å². The van der Waals surface area contributed by atoms with Crippen LogP contribution < -0.4 is 10.6 Å². The number of rotatable bonds is 9. The molecule has 2 heterocycles. The number of methoxy groups -OCH3 is 1. The Hall–Kier alpha value is -3.38. The summed E-state index contributed by atoms with van der Waals surface area (Å²) in [7, 11) is 1.66. The Balaban J connectivity index is 1.66. The Morgan fingerprint density at radius 3 is 2.76 bits per heavy atom. The lowest BCUT2D eigenvalue weighted by atomic mass is 10.1. The number of nitrogens with zero attached hydrogens (tertiary/aromatic N) is 4. The Morgan fingerprint density at radius 2 is 2.09 bits per heavy atom. The molecule has 1 aliphatic carbocycles. The van der Waals surface area contributed by atoms with Crippen LogP contribution in [-0.2, 0) is 20.9 Å². The number of aryl methyl sites for hydroxylation is 1. The van der Waals surface area contributed by atoms with Gasteiger partial charge in [0.05, 0.1) is 24.5 Å². The lowest BCUT2D eigenvalue weighted by Crippen LogP contribution is -2.35. The number of amides is 2. The molecule has 2 aromatic rings. The molecule has 1 saturated carbocycles. The highest BCUT2D eigenvalue weighted by molar-refractivity contribution is 6.09. The van der Waals surface area contributed by atoms with Gasteiger partial charge in [-0.25, -0.2) is 0 Å². The van der Waals surface area contributed by atoms with Gasteiger partial charge in [-0.1, -0.05) is 12.8 Å². The number of carbonyl (C=O) groups is 2. The van der Waals surface area contributed by atoms with Crippen molar-refractivity contribution in [2.75, 3.05) is 19.0 Å². The maximum atomic E-state index is 12.7. The van der Waals surface area contributed by atoms with Gasteiger partial charge in [-0.15, -0.1) is 0 Å². The van der Waals surface area contributed by atoms with Gasteiger partial charge >= 0.3 is 0 Å². The summed E-state index contributed by atoms with van der Waals surface area (Å²) in [6, 6.07) is 4.31. The third-order valence-electron chi connectivity index (χ3n) is 5.95. The minimum absolute atomic E-state index is 0.0126. The molecule has 0 bridgehead atoms. The van der Waals surface area contributed by atoms with E-state index in [9.17, 15) is 14.9 Å². The first-order chi connectivity index (χ1) is 15.8. The van der Waals surface area contributed by atoms with E-state index in [-0.39, 0.29) is 30.1 Å². The summed E-state index contributed by atoms with van der Waals surface area (Å²) in [5.41, 5.74) is 3.20. The first-order valence-electron chi connectivity index (χ1n) is 11.2. The Labute approximate surface area is 194 Å². The molecule has 0 spiro atoms. The van der Waals surface area contributed by atoms with Crippen LogP contribution in [0.4, 0.5) is 5.69 Å². The fraction of sp³-hybridized carbons (Fsp3) is 0.500. The van der Waals surface area contributed by atoms with Crippen LogP contribution in [0.2, 0.25) is 0 Å². The average Bonchev–Trinajstić information content (AvgIpc) is 3.48. The Morgan fingerprint density at radius 1 is 1.36 bits per heavy atom. The number of ether oxygens (including phenoxy) is 1.